The van der Waals surface area contributed by atoms with Crippen molar-refractivity contribution in [2.45, 2.75) is 33.1 Å². The second kappa shape index (κ2) is 7.47. The monoisotopic (exact) mass is 337 g/mol. The van der Waals surface area contributed by atoms with Crippen LogP contribution in [0.5, 0.6) is 0 Å². The Morgan fingerprint density at radius 1 is 1.24 bits per heavy atom. The topological polar surface area (TPSA) is 62.3 Å². The van der Waals surface area contributed by atoms with Crippen LogP contribution in [0.3, 0.4) is 0 Å². The summed E-state index contributed by atoms with van der Waals surface area (Å²) in [5, 5.41) is 2.80. The number of amides is 2. The minimum atomic E-state index is -0.356. The fourth-order valence-corrected chi connectivity index (χ4v) is 3.03. The smallest absolute Gasteiger partial charge is 0.230 e. The summed E-state index contributed by atoms with van der Waals surface area (Å²) in [6.45, 7) is 4.49. The van der Waals surface area contributed by atoms with Crippen molar-refractivity contribution in [3.63, 3.8) is 0 Å². The number of hydrogen-bond acceptors (Lipinski definition) is 3. The maximum Gasteiger partial charge on any atom is 0.230 e. The molecule has 1 aromatic carbocycles. The molecule has 2 amide bonds. The SMILES string of the molecule is CCCc1ccc(N2CC(C(=O)Nc3ccc(C)cn3)CC2=O)cc1. The first-order chi connectivity index (χ1) is 12.1. The van der Waals surface area contributed by atoms with E-state index in [9.17, 15) is 9.59 Å². The first-order valence-electron chi connectivity index (χ1n) is 8.69. The maximum atomic E-state index is 12.4. The zero-order valence-electron chi connectivity index (χ0n) is 14.7. The fraction of sp³-hybridized carbons (Fsp3) is 0.350. The van der Waals surface area contributed by atoms with Crippen LogP contribution in [0.2, 0.25) is 0 Å². The second-order valence-electron chi connectivity index (χ2n) is 6.53. The lowest BCUT2D eigenvalue weighted by Crippen LogP contribution is -2.28. The van der Waals surface area contributed by atoms with Gasteiger partial charge in [0.05, 0.1) is 5.92 Å². The van der Waals surface area contributed by atoms with Gasteiger partial charge in [-0.2, -0.15) is 0 Å². The summed E-state index contributed by atoms with van der Waals surface area (Å²) in [6, 6.07) is 11.7. The van der Waals surface area contributed by atoms with E-state index in [-0.39, 0.29) is 24.2 Å². The Kier molecular flexibility index (Phi) is 5.12. The van der Waals surface area contributed by atoms with Gasteiger partial charge in [-0.25, -0.2) is 4.98 Å². The zero-order chi connectivity index (χ0) is 17.8. The lowest BCUT2D eigenvalue weighted by molar-refractivity contribution is -0.122. The quantitative estimate of drug-likeness (QED) is 0.910. The summed E-state index contributed by atoms with van der Waals surface area (Å²) in [4.78, 5) is 30.6. The highest BCUT2D eigenvalue weighted by molar-refractivity contribution is 6.03. The highest BCUT2D eigenvalue weighted by Crippen LogP contribution is 2.26. The van der Waals surface area contributed by atoms with Crippen LogP contribution in [0.4, 0.5) is 11.5 Å². The van der Waals surface area contributed by atoms with Gasteiger partial charge in [-0.15, -0.1) is 0 Å². The summed E-state index contributed by atoms with van der Waals surface area (Å²) >= 11 is 0. The van der Waals surface area contributed by atoms with Crippen LogP contribution >= 0.6 is 0 Å². The van der Waals surface area contributed by atoms with Crippen molar-refractivity contribution in [1.29, 1.82) is 0 Å². The fourth-order valence-electron chi connectivity index (χ4n) is 3.03. The highest BCUT2D eigenvalue weighted by atomic mass is 16.2. The molecule has 1 fully saturated rings. The minimum Gasteiger partial charge on any atom is -0.312 e. The van der Waals surface area contributed by atoms with Crippen LogP contribution in [0, 0.1) is 12.8 Å². The summed E-state index contributed by atoms with van der Waals surface area (Å²) < 4.78 is 0. The van der Waals surface area contributed by atoms with Gasteiger partial charge in [0, 0.05) is 24.8 Å². The number of pyridine rings is 1. The molecule has 0 aliphatic carbocycles. The van der Waals surface area contributed by atoms with Crippen molar-refractivity contribution in [1.82, 2.24) is 4.98 Å². The van der Waals surface area contributed by atoms with Gasteiger partial charge in [-0.1, -0.05) is 31.5 Å². The predicted octanol–water partition coefficient (Wildman–Crippen LogP) is 3.33. The van der Waals surface area contributed by atoms with Crippen LogP contribution < -0.4 is 10.2 Å². The number of nitrogens with one attached hydrogen (secondary N) is 1. The molecule has 1 aliphatic rings. The summed E-state index contributed by atoms with van der Waals surface area (Å²) in [5.41, 5.74) is 3.15. The molecule has 25 heavy (non-hydrogen) atoms. The molecule has 1 N–H and O–H groups in total. The van der Waals surface area contributed by atoms with Gasteiger partial charge >= 0.3 is 0 Å². The van der Waals surface area contributed by atoms with E-state index in [0.717, 1.165) is 24.1 Å². The van der Waals surface area contributed by atoms with Gasteiger partial charge in [0.15, 0.2) is 0 Å². The normalized spacial score (nSPS) is 17.0. The molecule has 1 atom stereocenters. The van der Waals surface area contributed by atoms with Crippen molar-refractivity contribution in [2.75, 3.05) is 16.8 Å². The van der Waals surface area contributed by atoms with Crippen LogP contribution in [-0.2, 0) is 16.0 Å². The van der Waals surface area contributed by atoms with Crippen molar-refractivity contribution in [3.05, 3.63) is 53.7 Å². The Hall–Kier alpha value is -2.69. The van der Waals surface area contributed by atoms with E-state index in [0.29, 0.717) is 12.4 Å². The molecule has 2 aromatic rings. The number of rotatable bonds is 5. The number of aryl methyl sites for hydroxylation is 2. The number of carbonyl (C=O) groups is 2. The summed E-state index contributed by atoms with van der Waals surface area (Å²) in [5.74, 6) is -0.00796. The molecule has 1 aliphatic heterocycles. The van der Waals surface area contributed by atoms with E-state index in [2.05, 4.69) is 29.4 Å². The lowest BCUT2D eigenvalue weighted by atomic mass is 10.1. The molecule has 0 spiro atoms. The molecule has 3 rings (SSSR count). The van der Waals surface area contributed by atoms with Gasteiger partial charge in [0.25, 0.3) is 0 Å². The molecule has 1 unspecified atom stereocenters. The van der Waals surface area contributed by atoms with E-state index >= 15 is 0 Å². The van der Waals surface area contributed by atoms with E-state index in [1.54, 1.807) is 17.2 Å². The van der Waals surface area contributed by atoms with Gasteiger partial charge in [-0.3, -0.25) is 9.59 Å². The number of carbonyl (C=O) groups excluding carboxylic acids is 2. The second-order valence-corrected chi connectivity index (χ2v) is 6.53. The van der Waals surface area contributed by atoms with Crippen LogP contribution in [0.1, 0.15) is 30.9 Å². The molecule has 0 radical (unpaired) electrons. The molecule has 0 bridgehead atoms. The molecular formula is C20H23N3O2. The van der Waals surface area contributed by atoms with E-state index in [4.69, 9.17) is 0 Å². The lowest BCUT2D eigenvalue weighted by Gasteiger charge is -2.17. The number of hydrogen-bond donors (Lipinski definition) is 1. The Bertz CT molecular complexity index is 754. The molecule has 5 heteroatoms. The van der Waals surface area contributed by atoms with Gasteiger partial charge in [-0.05, 0) is 42.7 Å². The standard InChI is InChI=1S/C20H23N3O2/c1-3-4-15-6-8-17(9-7-15)23-13-16(11-19(23)24)20(25)22-18-10-5-14(2)12-21-18/h5-10,12,16H,3-4,11,13H2,1-2H3,(H,21,22,25). The third-order valence-electron chi connectivity index (χ3n) is 4.45. The number of aromatic nitrogens is 1. The van der Waals surface area contributed by atoms with Crippen molar-refractivity contribution >= 4 is 23.3 Å². The molecule has 1 aromatic heterocycles. The Morgan fingerprint density at radius 2 is 2.00 bits per heavy atom. The van der Waals surface area contributed by atoms with E-state index < -0.39 is 0 Å². The maximum absolute atomic E-state index is 12.4. The third kappa shape index (κ3) is 4.05. The molecule has 2 heterocycles. The van der Waals surface area contributed by atoms with Gasteiger partial charge in [0.2, 0.25) is 11.8 Å². The van der Waals surface area contributed by atoms with Crippen molar-refractivity contribution in [3.8, 4) is 0 Å². The average molecular weight is 337 g/mol. The number of nitrogens with zero attached hydrogens (tertiary/aromatic N) is 2. The summed E-state index contributed by atoms with van der Waals surface area (Å²) in [6.07, 6.45) is 4.06. The van der Waals surface area contributed by atoms with Crippen LogP contribution in [0.25, 0.3) is 0 Å². The molecule has 0 saturated carbocycles. The first kappa shape index (κ1) is 17.1. The van der Waals surface area contributed by atoms with Gasteiger partial charge in [0.1, 0.15) is 5.82 Å². The molecule has 130 valence electrons. The molecule has 1 saturated heterocycles. The van der Waals surface area contributed by atoms with Crippen molar-refractivity contribution in [2.24, 2.45) is 5.92 Å². The first-order valence-corrected chi connectivity index (χ1v) is 8.69. The predicted molar refractivity (Wildman–Crippen MR) is 98.5 cm³/mol. The van der Waals surface area contributed by atoms with Crippen LogP contribution in [0.15, 0.2) is 42.6 Å². The minimum absolute atomic E-state index is 0.0137. The third-order valence-corrected chi connectivity index (χ3v) is 4.45. The van der Waals surface area contributed by atoms with Crippen molar-refractivity contribution < 1.29 is 9.59 Å². The highest BCUT2D eigenvalue weighted by Gasteiger charge is 2.35. The largest absolute Gasteiger partial charge is 0.312 e. The number of benzene rings is 1. The average Bonchev–Trinajstić information content (AvgIpc) is 3.00. The molecular weight excluding hydrogens is 314 g/mol. The van der Waals surface area contributed by atoms with E-state index in [1.807, 2.05) is 25.1 Å². The van der Waals surface area contributed by atoms with Gasteiger partial charge < -0.3 is 10.2 Å². The Morgan fingerprint density at radius 3 is 2.64 bits per heavy atom. The van der Waals surface area contributed by atoms with E-state index in [1.165, 1.54) is 5.56 Å². The summed E-state index contributed by atoms with van der Waals surface area (Å²) in [7, 11) is 0. The Balaban J connectivity index is 1.65. The Labute approximate surface area is 148 Å². The zero-order valence-corrected chi connectivity index (χ0v) is 14.7. The van der Waals surface area contributed by atoms with Crippen LogP contribution in [-0.4, -0.2) is 23.3 Å². The molecule has 5 nitrogen and oxygen atoms in total. The number of anilines is 2.